The topological polar surface area (TPSA) is 78.9 Å². The minimum Gasteiger partial charge on any atom is -0.462 e. The molecule has 0 amide bonds. The lowest BCUT2D eigenvalue weighted by atomic mass is 10.0. The van der Waals surface area contributed by atoms with Gasteiger partial charge in [-0.25, -0.2) is 0 Å². The molecule has 73 heavy (non-hydrogen) atoms. The van der Waals surface area contributed by atoms with Gasteiger partial charge in [-0.3, -0.25) is 14.4 Å². The fourth-order valence-corrected chi connectivity index (χ4v) is 10.3. The molecule has 0 bridgehead atoms. The molecular weight excluding hydrogens is 901 g/mol. The van der Waals surface area contributed by atoms with Crippen molar-refractivity contribution in [3.05, 3.63) is 12.2 Å². The van der Waals surface area contributed by atoms with E-state index in [-0.39, 0.29) is 31.1 Å². The number of unbranched alkanes of at least 4 members (excludes halogenated alkanes) is 49. The summed E-state index contributed by atoms with van der Waals surface area (Å²) in [5.41, 5.74) is 0. The molecule has 0 aliphatic rings. The second kappa shape index (κ2) is 62.7. The number of carbonyl (C=O) groups is 3. The summed E-state index contributed by atoms with van der Waals surface area (Å²) >= 11 is 0. The van der Waals surface area contributed by atoms with E-state index in [1.807, 2.05) is 0 Å². The molecule has 432 valence electrons. The first kappa shape index (κ1) is 71.2. The van der Waals surface area contributed by atoms with Crippen molar-refractivity contribution in [2.75, 3.05) is 13.2 Å². The summed E-state index contributed by atoms with van der Waals surface area (Å²) in [5.74, 6) is -0.835. The first-order valence-corrected chi connectivity index (χ1v) is 33.2. The Balaban J connectivity index is 4.21. The maximum atomic E-state index is 12.9. The molecule has 0 aromatic carbocycles. The number of ether oxygens (including phenoxy) is 3. The van der Waals surface area contributed by atoms with Crippen LogP contribution in [0.5, 0.6) is 0 Å². The Bertz CT molecular complexity index is 1130. The van der Waals surface area contributed by atoms with E-state index < -0.39 is 6.10 Å². The van der Waals surface area contributed by atoms with Gasteiger partial charge in [-0.05, 0) is 44.9 Å². The molecule has 0 saturated heterocycles. The third-order valence-electron chi connectivity index (χ3n) is 15.3. The van der Waals surface area contributed by atoms with E-state index >= 15 is 0 Å². The Hall–Kier alpha value is -1.85. The highest BCUT2D eigenvalue weighted by Gasteiger charge is 2.19. The van der Waals surface area contributed by atoms with Crippen molar-refractivity contribution in [1.29, 1.82) is 0 Å². The minimum atomic E-state index is -0.766. The third kappa shape index (κ3) is 60.9. The Morgan fingerprint density at radius 2 is 0.452 bits per heavy atom. The SMILES string of the molecule is CCCCCCCC/C=C\CCCCCCCCCCCC(=O)OC(COC(=O)CCCCCCCCCCCCCC)COC(=O)CCCCCCCCCCCCCCCCCCCCCCCCCC. The number of carbonyl (C=O) groups excluding carboxylic acids is 3. The number of allylic oxidation sites excluding steroid dienone is 2. The van der Waals surface area contributed by atoms with Crippen molar-refractivity contribution in [2.45, 2.75) is 386 Å². The van der Waals surface area contributed by atoms with Gasteiger partial charge in [0.1, 0.15) is 13.2 Å². The smallest absolute Gasteiger partial charge is 0.306 e. The molecule has 6 nitrogen and oxygen atoms in total. The van der Waals surface area contributed by atoms with E-state index in [4.69, 9.17) is 14.2 Å². The molecular formula is C67H128O6. The molecule has 0 saturated carbocycles. The summed E-state index contributed by atoms with van der Waals surface area (Å²) in [5, 5.41) is 0. The molecule has 0 aliphatic carbocycles. The van der Waals surface area contributed by atoms with E-state index in [1.165, 1.54) is 283 Å². The predicted molar refractivity (Wildman–Crippen MR) is 317 cm³/mol. The number of hydrogen-bond acceptors (Lipinski definition) is 6. The molecule has 1 atom stereocenters. The molecule has 0 rings (SSSR count). The predicted octanol–water partition coefficient (Wildman–Crippen LogP) is 22.4. The molecule has 0 aromatic heterocycles. The van der Waals surface area contributed by atoms with Gasteiger partial charge in [0.2, 0.25) is 0 Å². The fourth-order valence-electron chi connectivity index (χ4n) is 10.3. The highest BCUT2D eigenvalue weighted by molar-refractivity contribution is 5.71. The molecule has 0 fully saturated rings. The minimum absolute atomic E-state index is 0.0641. The van der Waals surface area contributed by atoms with E-state index in [9.17, 15) is 14.4 Å². The first-order chi connectivity index (χ1) is 36.0. The Morgan fingerprint density at radius 3 is 0.685 bits per heavy atom. The van der Waals surface area contributed by atoms with E-state index in [0.29, 0.717) is 19.3 Å². The molecule has 6 heteroatoms. The van der Waals surface area contributed by atoms with Crippen molar-refractivity contribution >= 4 is 17.9 Å². The standard InChI is InChI=1S/C67H128O6/c1-4-7-10-13-16-19-22-25-27-29-31-32-33-34-35-37-38-40-42-45-48-51-54-57-60-66(69)72-63-64(62-71-65(68)59-56-53-50-47-44-24-21-18-15-12-9-6-3)73-67(70)61-58-55-52-49-46-43-41-39-36-30-28-26-23-20-17-14-11-8-5-2/h26,28,64H,4-25,27,29-63H2,1-3H3/b28-26-. The number of hydrogen-bond donors (Lipinski definition) is 0. The highest BCUT2D eigenvalue weighted by atomic mass is 16.6. The van der Waals surface area contributed by atoms with E-state index in [1.54, 1.807) is 0 Å². The van der Waals surface area contributed by atoms with Gasteiger partial charge < -0.3 is 14.2 Å². The summed E-state index contributed by atoms with van der Waals surface area (Å²) in [4.78, 5) is 38.3. The Labute approximate surface area is 456 Å². The number of esters is 3. The summed E-state index contributed by atoms with van der Waals surface area (Å²) in [6, 6.07) is 0. The highest BCUT2D eigenvalue weighted by Crippen LogP contribution is 2.18. The molecule has 1 unspecified atom stereocenters. The first-order valence-electron chi connectivity index (χ1n) is 33.2. The molecule has 0 spiro atoms. The molecule has 0 heterocycles. The number of rotatable bonds is 62. The Kier molecular flexibility index (Phi) is 61.1. The zero-order chi connectivity index (χ0) is 52.9. The maximum Gasteiger partial charge on any atom is 0.306 e. The normalized spacial score (nSPS) is 12.0. The van der Waals surface area contributed by atoms with E-state index in [0.717, 1.165) is 57.8 Å². The average Bonchev–Trinajstić information content (AvgIpc) is 3.39. The van der Waals surface area contributed by atoms with Gasteiger partial charge in [0.25, 0.3) is 0 Å². The van der Waals surface area contributed by atoms with Crippen LogP contribution in [0.3, 0.4) is 0 Å². The largest absolute Gasteiger partial charge is 0.462 e. The lowest BCUT2D eigenvalue weighted by Crippen LogP contribution is -2.30. The van der Waals surface area contributed by atoms with E-state index in [2.05, 4.69) is 32.9 Å². The summed E-state index contributed by atoms with van der Waals surface area (Å²) < 4.78 is 17.0. The summed E-state index contributed by atoms with van der Waals surface area (Å²) in [6.45, 7) is 6.71. The van der Waals surface area contributed by atoms with Crippen molar-refractivity contribution < 1.29 is 28.6 Å². The fraction of sp³-hybridized carbons (Fsp3) is 0.925. The van der Waals surface area contributed by atoms with Gasteiger partial charge in [-0.15, -0.1) is 0 Å². The molecule has 0 N–H and O–H groups in total. The monoisotopic (exact) mass is 1030 g/mol. The molecule has 0 aromatic rings. The van der Waals surface area contributed by atoms with Crippen LogP contribution in [0, 0.1) is 0 Å². The average molecular weight is 1030 g/mol. The van der Waals surface area contributed by atoms with Gasteiger partial charge in [0.05, 0.1) is 0 Å². The van der Waals surface area contributed by atoms with Crippen molar-refractivity contribution in [3.63, 3.8) is 0 Å². The summed E-state index contributed by atoms with van der Waals surface area (Å²) in [6.07, 6.45) is 73.7. The van der Waals surface area contributed by atoms with Crippen LogP contribution in [-0.2, 0) is 28.6 Å². The second-order valence-electron chi connectivity index (χ2n) is 22.7. The molecule has 0 aliphatic heterocycles. The van der Waals surface area contributed by atoms with Crippen LogP contribution in [0.1, 0.15) is 380 Å². The van der Waals surface area contributed by atoms with Crippen molar-refractivity contribution in [3.8, 4) is 0 Å². The lowest BCUT2D eigenvalue weighted by Gasteiger charge is -2.18. The van der Waals surface area contributed by atoms with Gasteiger partial charge >= 0.3 is 17.9 Å². The lowest BCUT2D eigenvalue weighted by molar-refractivity contribution is -0.167. The van der Waals surface area contributed by atoms with Crippen LogP contribution in [-0.4, -0.2) is 37.2 Å². The molecule has 0 radical (unpaired) electrons. The van der Waals surface area contributed by atoms with Gasteiger partial charge in [-0.2, -0.15) is 0 Å². The second-order valence-corrected chi connectivity index (χ2v) is 22.7. The van der Waals surface area contributed by atoms with Crippen LogP contribution < -0.4 is 0 Å². The van der Waals surface area contributed by atoms with Crippen LogP contribution in [0.25, 0.3) is 0 Å². The Morgan fingerprint density at radius 1 is 0.260 bits per heavy atom. The van der Waals surface area contributed by atoms with Gasteiger partial charge in [0, 0.05) is 19.3 Å². The maximum absolute atomic E-state index is 12.9. The van der Waals surface area contributed by atoms with Crippen LogP contribution >= 0.6 is 0 Å². The van der Waals surface area contributed by atoms with Gasteiger partial charge in [-0.1, -0.05) is 328 Å². The third-order valence-corrected chi connectivity index (χ3v) is 15.3. The van der Waals surface area contributed by atoms with Crippen LogP contribution in [0.4, 0.5) is 0 Å². The zero-order valence-electron chi connectivity index (χ0n) is 49.7. The quantitative estimate of drug-likeness (QED) is 0.0261. The van der Waals surface area contributed by atoms with Crippen LogP contribution in [0.2, 0.25) is 0 Å². The van der Waals surface area contributed by atoms with Crippen LogP contribution in [0.15, 0.2) is 12.2 Å². The van der Waals surface area contributed by atoms with Crippen molar-refractivity contribution in [2.24, 2.45) is 0 Å². The summed E-state index contributed by atoms with van der Waals surface area (Å²) in [7, 11) is 0. The zero-order valence-corrected chi connectivity index (χ0v) is 49.7. The van der Waals surface area contributed by atoms with Gasteiger partial charge in [0.15, 0.2) is 6.10 Å². The van der Waals surface area contributed by atoms with Crippen molar-refractivity contribution in [1.82, 2.24) is 0 Å².